The van der Waals surface area contributed by atoms with Crippen LogP contribution in [0, 0.1) is 0 Å². The average molecular weight is 328 g/mol. The van der Waals surface area contributed by atoms with Crippen LogP contribution in [0.4, 0.5) is 5.13 Å². The largest absolute Gasteiger partial charge is 0.359 e. The fourth-order valence-electron chi connectivity index (χ4n) is 2.78. The van der Waals surface area contributed by atoms with Crippen LogP contribution in [0.2, 0.25) is 0 Å². The molecule has 7 nitrogen and oxygen atoms in total. The molecule has 118 valence electrons. The van der Waals surface area contributed by atoms with E-state index < -0.39 is 0 Å². The highest BCUT2D eigenvalue weighted by atomic mass is 32.1. The lowest BCUT2D eigenvalue weighted by atomic mass is 10.1. The molecule has 1 saturated heterocycles. The minimum Gasteiger partial charge on any atom is -0.359 e. The Hall–Kier alpha value is -2.32. The van der Waals surface area contributed by atoms with Crippen LogP contribution in [-0.4, -0.2) is 39.1 Å². The molecule has 0 radical (unpaired) electrons. The number of piperidine rings is 1. The lowest BCUT2D eigenvalue weighted by Crippen LogP contribution is -2.35. The lowest BCUT2D eigenvalue weighted by Gasteiger charge is -2.23. The maximum Gasteiger partial charge on any atom is 0.258 e. The molecular weight excluding hydrogens is 312 g/mol. The van der Waals surface area contributed by atoms with E-state index in [1.54, 1.807) is 23.6 Å². The molecule has 3 N–H and O–H groups in total. The van der Waals surface area contributed by atoms with E-state index in [0.29, 0.717) is 22.6 Å². The summed E-state index contributed by atoms with van der Waals surface area (Å²) in [6.07, 6.45) is 5.21. The van der Waals surface area contributed by atoms with Crippen molar-refractivity contribution < 1.29 is 0 Å². The molecule has 3 aromatic rings. The Kier molecular flexibility index (Phi) is 3.76. The summed E-state index contributed by atoms with van der Waals surface area (Å²) in [7, 11) is 0. The molecule has 0 saturated carbocycles. The quantitative estimate of drug-likeness (QED) is 0.676. The predicted molar refractivity (Wildman–Crippen MR) is 90.8 cm³/mol. The van der Waals surface area contributed by atoms with E-state index >= 15 is 0 Å². The molecule has 0 amide bonds. The Bertz CT molecular complexity index is 883. The van der Waals surface area contributed by atoms with Gasteiger partial charge in [-0.3, -0.25) is 9.78 Å². The molecule has 23 heavy (non-hydrogen) atoms. The molecule has 4 rings (SSSR count). The number of aromatic amines is 1. The maximum atomic E-state index is 11.9. The van der Waals surface area contributed by atoms with Gasteiger partial charge in [-0.05, 0) is 32.0 Å². The van der Waals surface area contributed by atoms with Gasteiger partial charge >= 0.3 is 0 Å². The number of H-pyrrole nitrogens is 1. The second-order valence-corrected chi connectivity index (χ2v) is 6.35. The van der Waals surface area contributed by atoms with E-state index in [9.17, 15) is 4.79 Å². The van der Waals surface area contributed by atoms with Gasteiger partial charge < -0.3 is 15.6 Å². The average Bonchev–Trinajstić information content (AvgIpc) is 3.04. The molecule has 1 fully saturated rings. The van der Waals surface area contributed by atoms with Gasteiger partial charge in [0.05, 0.1) is 11.7 Å². The van der Waals surface area contributed by atoms with Crippen LogP contribution < -0.4 is 16.2 Å². The number of aromatic nitrogens is 4. The second kappa shape index (κ2) is 6.05. The molecule has 8 heteroatoms. The van der Waals surface area contributed by atoms with Crippen molar-refractivity contribution in [3.05, 3.63) is 34.3 Å². The summed E-state index contributed by atoms with van der Waals surface area (Å²) in [5, 5.41) is 10.2. The van der Waals surface area contributed by atoms with Crippen LogP contribution in [0.15, 0.2) is 28.8 Å². The molecule has 0 atom stereocenters. The van der Waals surface area contributed by atoms with E-state index in [1.807, 2.05) is 5.38 Å². The van der Waals surface area contributed by atoms with Crippen LogP contribution in [-0.2, 0) is 0 Å². The number of anilines is 1. The predicted octanol–water partition coefficient (Wildman–Crippen LogP) is 1.61. The van der Waals surface area contributed by atoms with Gasteiger partial charge in [0, 0.05) is 17.6 Å². The van der Waals surface area contributed by atoms with Crippen molar-refractivity contribution in [1.82, 2.24) is 25.3 Å². The first-order valence-corrected chi connectivity index (χ1v) is 8.45. The first kappa shape index (κ1) is 14.3. The zero-order valence-corrected chi connectivity index (χ0v) is 13.2. The fourth-order valence-corrected chi connectivity index (χ4v) is 3.55. The SMILES string of the molecule is O=c1[nH]cnc2c(-c3csc(NC4CCNCC4)n3)nccc12. The summed E-state index contributed by atoms with van der Waals surface area (Å²) < 4.78 is 0. The van der Waals surface area contributed by atoms with E-state index in [2.05, 4.69) is 30.6 Å². The molecule has 0 aliphatic carbocycles. The Morgan fingerprint density at radius 2 is 2.13 bits per heavy atom. The van der Waals surface area contributed by atoms with Crippen LogP contribution in [0.5, 0.6) is 0 Å². The Balaban J connectivity index is 1.66. The molecule has 3 aromatic heterocycles. The number of thiazole rings is 1. The standard InChI is InChI=1S/C15H16N6OS/c22-14-10-3-6-17-13(12(10)18-8-19-14)11-7-23-15(21-11)20-9-1-4-16-5-2-9/h3,6-9,16H,1-2,4-5H2,(H,20,21)(H,18,19,22). The monoisotopic (exact) mass is 328 g/mol. The van der Waals surface area contributed by atoms with Crippen molar-refractivity contribution in [1.29, 1.82) is 0 Å². The maximum absolute atomic E-state index is 11.9. The number of nitrogens with zero attached hydrogens (tertiary/aromatic N) is 3. The number of pyridine rings is 1. The van der Waals surface area contributed by atoms with Crippen molar-refractivity contribution in [2.75, 3.05) is 18.4 Å². The highest BCUT2D eigenvalue weighted by molar-refractivity contribution is 7.14. The first-order valence-electron chi connectivity index (χ1n) is 7.57. The third-order valence-corrected chi connectivity index (χ3v) is 4.75. The zero-order valence-electron chi connectivity index (χ0n) is 12.4. The van der Waals surface area contributed by atoms with Gasteiger partial charge in [0.15, 0.2) is 5.13 Å². The van der Waals surface area contributed by atoms with Crippen molar-refractivity contribution >= 4 is 27.4 Å². The summed E-state index contributed by atoms with van der Waals surface area (Å²) >= 11 is 1.55. The topological polar surface area (TPSA) is 95.6 Å². The minimum absolute atomic E-state index is 0.165. The van der Waals surface area contributed by atoms with Gasteiger partial charge in [-0.15, -0.1) is 11.3 Å². The summed E-state index contributed by atoms with van der Waals surface area (Å²) in [5.74, 6) is 0. The molecule has 0 spiro atoms. The van der Waals surface area contributed by atoms with Gasteiger partial charge in [0.1, 0.15) is 16.9 Å². The van der Waals surface area contributed by atoms with E-state index in [1.165, 1.54) is 6.33 Å². The smallest absolute Gasteiger partial charge is 0.258 e. The third-order valence-electron chi connectivity index (χ3n) is 3.97. The number of fused-ring (bicyclic) bond motifs is 1. The second-order valence-electron chi connectivity index (χ2n) is 5.49. The van der Waals surface area contributed by atoms with Gasteiger partial charge in [-0.2, -0.15) is 0 Å². The highest BCUT2D eigenvalue weighted by Gasteiger charge is 2.16. The van der Waals surface area contributed by atoms with Crippen molar-refractivity contribution in [2.24, 2.45) is 0 Å². The Morgan fingerprint density at radius 1 is 1.26 bits per heavy atom. The Labute approximate surface area is 136 Å². The number of rotatable bonds is 3. The van der Waals surface area contributed by atoms with Crippen molar-refractivity contribution in [3.63, 3.8) is 0 Å². The van der Waals surface area contributed by atoms with E-state index in [-0.39, 0.29) is 5.56 Å². The number of nitrogens with one attached hydrogen (secondary N) is 3. The van der Waals surface area contributed by atoms with E-state index in [0.717, 1.165) is 36.8 Å². The molecule has 0 bridgehead atoms. The molecule has 0 aromatic carbocycles. The molecule has 1 aliphatic rings. The zero-order chi connectivity index (χ0) is 15.6. The third kappa shape index (κ3) is 2.82. The first-order chi connectivity index (χ1) is 11.3. The highest BCUT2D eigenvalue weighted by Crippen LogP contribution is 2.27. The summed E-state index contributed by atoms with van der Waals surface area (Å²) in [6.45, 7) is 2.07. The van der Waals surface area contributed by atoms with Crippen LogP contribution in [0.25, 0.3) is 22.3 Å². The lowest BCUT2D eigenvalue weighted by molar-refractivity contribution is 0.479. The van der Waals surface area contributed by atoms with Crippen LogP contribution in [0.3, 0.4) is 0 Å². The van der Waals surface area contributed by atoms with Gasteiger partial charge in [-0.1, -0.05) is 0 Å². The molecule has 1 aliphatic heterocycles. The van der Waals surface area contributed by atoms with Crippen molar-refractivity contribution in [3.8, 4) is 11.4 Å². The molecular formula is C15H16N6OS. The fraction of sp³-hybridized carbons (Fsp3) is 0.333. The number of hydrogen-bond donors (Lipinski definition) is 3. The van der Waals surface area contributed by atoms with Crippen LogP contribution >= 0.6 is 11.3 Å². The van der Waals surface area contributed by atoms with E-state index in [4.69, 9.17) is 0 Å². The normalized spacial score (nSPS) is 15.8. The summed E-state index contributed by atoms with van der Waals surface area (Å²) in [6, 6.07) is 2.13. The van der Waals surface area contributed by atoms with Gasteiger partial charge in [0.2, 0.25) is 0 Å². The summed E-state index contributed by atoms with van der Waals surface area (Å²) in [4.78, 5) is 27.7. The number of hydrogen-bond acceptors (Lipinski definition) is 7. The van der Waals surface area contributed by atoms with Crippen molar-refractivity contribution in [2.45, 2.75) is 18.9 Å². The Morgan fingerprint density at radius 3 is 3.00 bits per heavy atom. The molecule has 0 unspecified atom stereocenters. The van der Waals surface area contributed by atoms with Gasteiger partial charge in [0.25, 0.3) is 5.56 Å². The van der Waals surface area contributed by atoms with Crippen LogP contribution in [0.1, 0.15) is 12.8 Å². The van der Waals surface area contributed by atoms with Gasteiger partial charge in [-0.25, -0.2) is 9.97 Å². The molecule has 4 heterocycles. The summed E-state index contributed by atoms with van der Waals surface area (Å²) in [5.41, 5.74) is 1.80. The minimum atomic E-state index is -0.165.